The summed E-state index contributed by atoms with van der Waals surface area (Å²) in [7, 11) is -2.66. The molecule has 3 rings (SSSR count). The number of hydrogen-bond acceptors (Lipinski definition) is 5. The van der Waals surface area contributed by atoms with Crippen LogP contribution in [-0.4, -0.2) is 33.2 Å². The molecule has 0 radical (unpaired) electrons. The largest absolute Gasteiger partial charge is 0.497 e. The smallest absolute Gasteiger partial charge is 0.387 e. The third-order valence-corrected chi connectivity index (χ3v) is 5.62. The van der Waals surface area contributed by atoms with Crippen molar-refractivity contribution in [1.29, 1.82) is 0 Å². The summed E-state index contributed by atoms with van der Waals surface area (Å²) in [6.07, 6.45) is 0. The molecule has 3 aromatic carbocycles. The van der Waals surface area contributed by atoms with Crippen molar-refractivity contribution in [1.82, 2.24) is 0 Å². The summed E-state index contributed by atoms with van der Waals surface area (Å²) in [5.74, 6) is -0.862. The number of rotatable bonds is 8. The second-order valence-corrected chi connectivity index (χ2v) is 7.94. The number of ether oxygens (including phenoxy) is 2. The summed E-state index contributed by atoms with van der Waals surface area (Å²) < 4.78 is 63.0. The minimum absolute atomic E-state index is 0.0770. The quantitative estimate of drug-likeness (QED) is 0.526. The molecule has 0 amide bonds. The van der Waals surface area contributed by atoms with Crippen LogP contribution in [0.15, 0.2) is 71.6 Å². The van der Waals surface area contributed by atoms with Crippen LogP contribution in [0.25, 0.3) is 11.1 Å². The number of methoxy groups -OCH3 is 1. The minimum Gasteiger partial charge on any atom is -0.497 e. The number of carbonyl (C=O) groups is 1. The van der Waals surface area contributed by atoms with Gasteiger partial charge in [0.2, 0.25) is 0 Å². The minimum atomic E-state index is -4.14. The predicted octanol–water partition coefficient (Wildman–Crippen LogP) is 4.46. The Morgan fingerprint density at radius 1 is 1.03 bits per heavy atom. The van der Waals surface area contributed by atoms with E-state index in [4.69, 9.17) is 9.84 Å². The lowest BCUT2D eigenvalue weighted by Gasteiger charge is -2.15. The van der Waals surface area contributed by atoms with Crippen molar-refractivity contribution < 1.29 is 36.6 Å². The Morgan fingerprint density at radius 2 is 1.74 bits per heavy atom. The van der Waals surface area contributed by atoms with Crippen LogP contribution in [-0.2, 0) is 10.0 Å². The number of hydrogen-bond donors (Lipinski definition) is 2. The molecule has 0 spiro atoms. The van der Waals surface area contributed by atoms with E-state index in [1.807, 2.05) is 0 Å². The maximum atomic E-state index is 12.8. The summed E-state index contributed by atoms with van der Waals surface area (Å²) in [6, 6.07) is 15.1. The number of carboxylic acids is 1. The average Bonchev–Trinajstić information content (AvgIpc) is 2.74. The molecule has 0 aromatic heterocycles. The molecule has 7 nitrogen and oxygen atoms in total. The first kappa shape index (κ1) is 22.0. The zero-order valence-corrected chi connectivity index (χ0v) is 16.9. The van der Waals surface area contributed by atoms with E-state index < -0.39 is 22.6 Å². The van der Waals surface area contributed by atoms with Crippen LogP contribution < -0.4 is 14.2 Å². The van der Waals surface area contributed by atoms with Crippen molar-refractivity contribution in [2.75, 3.05) is 11.8 Å². The maximum Gasteiger partial charge on any atom is 0.387 e. The fraction of sp³-hybridized carbons (Fsp3) is 0.0952. The van der Waals surface area contributed by atoms with Gasteiger partial charge in [0.05, 0.1) is 17.6 Å². The lowest BCUT2D eigenvalue weighted by atomic mass is 10.0. The van der Waals surface area contributed by atoms with Crippen LogP contribution in [0.1, 0.15) is 10.4 Å². The summed E-state index contributed by atoms with van der Waals surface area (Å²) in [4.78, 5) is 10.9. The molecule has 2 N–H and O–H groups in total. The van der Waals surface area contributed by atoms with Crippen LogP contribution in [0.4, 0.5) is 14.5 Å². The monoisotopic (exact) mass is 449 g/mol. The summed E-state index contributed by atoms with van der Waals surface area (Å²) >= 11 is 0. The highest BCUT2D eigenvalue weighted by Crippen LogP contribution is 2.35. The Labute approximate surface area is 176 Å². The third-order valence-electron chi connectivity index (χ3n) is 4.24. The second kappa shape index (κ2) is 9.00. The Balaban J connectivity index is 1.99. The lowest BCUT2D eigenvalue weighted by molar-refractivity contribution is -0.0494. The van der Waals surface area contributed by atoms with Gasteiger partial charge in [-0.25, -0.2) is 13.2 Å². The zero-order valence-electron chi connectivity index (χ0n) is 16.1. The Morgan fingerprint density at radius 3 is 2.35 bits per heavy atom. The highest BCUT2D eigenvalue weighted by molar-refractivity contribution is 7.92. The topological polar surface area (TPSA) is 102 Å². The van der Waals surface area contributed by atoms with Crippen molar-refractivity contribution in [3.8, 4) is 22.6 Å². The van der Waals surface area contributed by atoms with Gasteiger partial charge in [0.25, 0.3) is 10.0 Å². The molecule has 0 bridgehead atoms. The summed E-state index contributed by atoms with van der Waals surface area (Å²) in [5, 5.41) is 9.07. The molecule has 0 fully saturated rings. The maximum absolute atomic E-state index is 12.8. The predicted molar refractivity (Wildman–Crippen MR) is 109 cm³/mol. The van der Waals surface area contributed by atoms with Crippen molar-refractivity contribution in [2.24, 2.45) is 0 Å². The highest BCUT2D eigenvalue weighted by Gasteiger charge is 2.18. The van der Waals surface area contributed by atoms with Crippen LogP contribution in [0, 0.1) is 0 Å². The van der Waals surface area contributed by atoms with E-state index in [0.717, 1.165) is 6.07 Å². The van der Waals surface area contributed by atoms with Gasteiger partial charge in [0, 0.05) is 11.3 Å². The van der Waals surface area contributed by atoms with E-state index in [9.17, 15) is 22.0 Å². The first-order chi connectivity index (χ1) is 14.7. The zero-order chi connectivity index (χ0) is 22.6. The standard InChI is InChI=1S/C21H17F2NO6S/c1-29-16-8-5-13(6-9-16)18-12-15(7-10-19(18)30-21(22)23)24-31(27,28)17-4-2-3-14(11-17)20(25)26/h2-12,21,24H,1H3,(H,25,26). The molecule has 162 valence electrons. The Hall–Kier alpha value is -3.66. The number of anilines is 1. The molecule has 0 aliphatic rings. The average molecular weight is 449 g/mol. The second-order valence-electron chi connectivity index (χ2n) is 6.26. The van der Waals surface area contributed by atoms with Crippen molar-refractivity contribution in [2.45, 2.75) is 11.5 Å². The van der Waals surface area contributed by atoms with E-state index in [1.54, 1.807) is 24.3 Å². The molecule has 31 heavy (non-hydrogen) atoms. The van der Waals surface area contributed by atoms with Gasteiger partial charge in [-0.15, -0.1) is 0 Å². The number of sulfonamides is 1. The molecule has 0 saturated heterocycles. The van der Waals surface area contributed by atoms with Crippen molar-refractivity contribution >= 4 is 21.7 Å². The van der Waals surface area contributed by atoms with Crippen molar-refractivity contribution in [3.05, 3.63) is 72.3 Å². The van der Waals surface area contributed by atoms with Gasteiger partial charge >= 0.3 is 12.6 Å². The van der Waals surface area contributed by atoms with E-state index in [2.05, 4.69) is 9.46 Å². The van der Waals surface area contributed by atoms with E-state index in [1.165, 1.54) is 43.5 Å². The number of nitrogens with one attached hydrogen (secondary N) is 1. The molecule has 0 heterocycles. The number of alkyl halides is 2. The van der Waals surface area contributed by atoms with Crippen LogP contribution >= 0.6 is 0 Å². The van der Waals surface area contributed by atoms with Crippen LogP contribution in [0.5, 0.6) is 11.5 Å². The molecule has 3 aromatic rings. The van der Waals surface area contributed by atoms with E-state index in [-0.39, 0.29) is 27.5 Å². The molecule has 0 saturated carbocycles. The Bertz CT molecular complexity index is 1200. The molecular formula is C21H17F2NO6S. The van der Waals surface area contributed by atoms with Crippen LogP contribution in [0.2, 0.25) is 0 Å². The van der Waals surface area contributed by atoms with Crippen LogP contribution in [0.3, 0.4) is 0 Å². The SMILES string of the molecule is COc1ccc(-c2cc(NS(=O)(=O)c3cccc(C(=O)O)c3)ccc2OC(F)F)cc1. The molecule has 0 atom stereocenters. The van der Waals surface area contributed by atoms with Gasteiger partial charge in [0.1, 0.15) is 11.5 Å². The summed E-state index contributed by atoms with van der Waals surface area (Å²) in [5.41, 5.74) is 0.600. The van der Waals surface area contributed by atoms with Gasteiger partial charge in [-0.1, -0.05) is 18.2 Å². The third kappa shape index (κ3) is 5.28. The molecule has 0 unspecified atom stereocenters. The van der Waals surface area contributed by atoms with Gasteiger partial charge in [-0.2, -0.15) is 8.78 Å². The number of aromatic carboxylic acids is 1. The molecule has 0 aliphatic carbocycles. The number of carboxylic acid groups (broad SMARTS) is 1. The van der Waals surface area contributed by atoms with Crippen molar-refractivity contribution in [3.63, 3.8) is 0 Å². The Kier molecular flexibility index (Phi) is 6.40. The van der Waals surface area contributed by atoms with E-state index in [0.29, 0.717) is 11.3 Å². The fourth-order valence-corrected chi connectivity index (χ4v) is 3.89. The molecule has 0 aliphatic heterocycles. The van der Waals surface area contributed by atoms with Gasteiger partial charge in [0.15, 0.2) is 0 Å². The number of benzene rings is 3. The van der Waals surface area contributed by atoms with E-state index >= 15 is 0 Å². The number of halogens is 2. The molecular weight excluding hydrogens is 432 g/mol. The fourth-order valence-electron chi connectivity index (χ4n) is 2.80. The van der Waals surface area contributed by atoms with Gasteiger partial charge < -0.3 is 14.6 Å². The van der Waals surface area contributed by atoms with Gasteiger partial charge in [-0.05, 0) is 54.1 Å². The first-order valence-corrected chi connectivity index (χ1v) is 10.3. The molecule has 10 heteroatoms. The highest BCUT2D eigenvalue weighted by atomic mass is 32.2. The lowest BCUT2D eigenvalue weighted by Crippen LogP contribution is -2.14. The first-order valence-electron chi connectivity index (χ1n) is 8.79. The van der Waals surface area contributed by atoms with Gasteiger partial charge in [-0.3, -0.25) is 4.72 Å². The summed E-state index contributed by atoms with van der Waals surface area (Å²) in [6.45, 7) is -3.07. The normalized spacial score (nSPS) is 11.2.